The highest BCUT2D eigenvalue weighted by Gasteiger charge is 2.47. The van der Waals surface area contributed by atoms with Gasteiger partial charge in [0, 0.05) is 42.3 Å². The summed E-state index contributed by atoms with van der Waals surface area (Å²) in [5.41, 5.74) is 3.01. The maximum Gasteiger partial charge on any atom is 0.251 e. The second kappa shape index (κ2) is 12.1. The lowest BCUT2D eigenvalue weighted by atomic mass is 9.81. The third-order valence-corrected chi connectivity index (χ3v) is 7.72. The largest absolute Gasteiger partial charge is 0.380 e. The molecule has 3 unspecified atom stereocenters. The number of likely N-dealkylation sites (tertiary alicyclic amines) is 1. The van der Waals surface area contributed by atoms with Gasteiger partial charge in [-0.3, -0.25) is 9.59 Å². The van der Waals surface area contributed by atoms with Crippen LogP contribution in [-0.4, -0.2) is 48.9 Å². The molecule has 35 heavy (non-hydrogen) atoms. The van der Waals surface area contributed by atoms with Crippen molar-refractivity contribution in [1.82, 2.24) is 15.5 Å². The molecule has 2 heterocycles. The molecule has 2 aromatic rings. The van der Waals surface area contributed by atoms with E-state index in [1.54, 1.807) is 0 Å². The third-order valence-electron chi connectivity index (χ3n) is 7.72. The van der Waals surface area contributed by atoms with Crippen molar-refractivity contribution in [2.75, 3.05) is 25.5 Å². The van der Waals surface area contributed by atoms with E-state index in [-0.39, 0.29) is 54.6 Å². The van der Waals surface area contributed by atoms with Gasteiger partial charge in [0.15, 0.2) is 0 Å². The molecular formula is C27H36Cl2N4O2. The van der Waals surface area contributed by atoms with E-state index in [1.807, 2.05) is 37.4 Å². The number of carbonyl (C=O) groups excluding carboxylic acids is 2. The fourth-order valence-corrected chi connectivity index (χ4v) is 6.15. The van der Waals surface area contributed by atoms with Crippen LogP contribution in [0.4, 0.5) is 5.69 Å². The molecule has 1 saturated carbocycles. The maximum absolute atomic E-state index is 14.0. The van der Waals surface area contributed by atoms with Gasteiger partial charge in [-0.1, -0.05) is 49.2 Å². The molecule has 2 fully saturated rings. The van der Waals surface area contributed by atoms with Gasteiger partial charge in [-0.15, -0.1) is 24.8 Å². The molecule has 1 saturated heterocycles. The first-order chi connectivity index (χ1) is 16.2. The summed E-state index contributed by atoms with van der Waals surface area (Å²) in [6.45, 7) is 1.65. The molecule has 2 aliphatic heterocycles. The summed E-state index contributed by atoms with van der Waals surface area (Å²) in [7, 11) is 1.98. The molecule has 2 aromatic carbocycles. The van der Waals surface area contributed by atoms with Gasteiger partial charge in [-0.2, -0.15) is 0 Å². The Kier molecular flexibility index (Phi) is 9.45. The number of nitrogens with one attached hydrogen (secondary N) is 3. The monoisotopic (exact) mass is 518 g/mol. The molecule has 8 heteroatoms. The Hall–Kier alpha value is -2.28. The van der Waals surface area contributed by atoms with Gasteiger partial charge in [0.05, 0.1) is 12.0 Å². The molecule has 3 aliphatic rings. The molecular weight excluding hydrogens is 483 g/mol. The summed E-state index contributed by atoms with van der Waals surface area (Å²) in [6.07, 6.45) is 4.78. The second-order valence-electron chi connectivity index (χ2n) is 9.66. The van der Waals surface area contributed by atoms with Crippen LogP contribution in [0.2, 0.25) is 0 Å². The first-order valence-corrected chi connectivity index (χ1v) is 12.3. The fraction of sp³-hybridized carbons (Fsp3) is 0.481. The summed E-state index contributed by atoms with van der Waals surface area (Å²) in [4.78, 5) is 29.0. The maximum atomic E-state index is 14.0. The molecule has 5 atom stereocenters. The quantitative estimate of drug-likeness (QED) is 0.547. The molecule has 3 N–H and O–H groups in total. The van der Waals surface area contributed by atoms with E-state index in [0.717, 1.165) is 50.9 Å². The fourth-order valence-electron chi connectivity index (χ4n) is 6.15. The predicted molar refractivity (Wildman–Crippen MR) is 144 cm³/mol. The summed E-state index contributed by atoms with van der Waals surface area (Å²) in [5, 5.41) is 10.2. The average molecular weight is 520 g/mol. The average Bonchev–Trinajstić information content (AvgIpc) is 3.31. The van der Waals surface area contributed by atoms with Crippen LogP contribution in [-0.2, 0) is 4.79 Å². The summed E-state index contributed by atoms with van der Waals surface area (Å²) >= 11 is 0. The van der Waals surface area contributed by atoms with E-state index in [1.165, 1.54) is 5.56 Å². The Labute approximate surface area is 220 Å². The summed E-state index contributed by atoms with van der Waals surface area (Å²) in [6, 6.07) is 18.0. The molecule has 0 aromatic heterocycles. The van der Waals surface area contributed by atoms with Crippen molar-refractivity contribution >= 4 is 42.3 Å². The lowest BCUT2D eigenvalue weighted by Gasteiger charge is -2.42. The van der Waals surface area contributed by atoms with E-state index >= 15 is 0 Å². The van der Waals surface area contributed by atoms with Gasteiger partial charge in [-0.05, 0) is 50.1 Å². The number of hydrogen-bond acceptors (Lipinski definition) is 4. The van der Waals surface area contributed by atoms with Gasteiger partial charge in [0.25, 0.3) is 5.91 Å². The van der Waals surface area contributed by atoms with Gasteiger partial charge < -0.3 is 20.9 Å². The van der Waals surface area contributed by atoms with E-state index in [9.17, 15) is 9.59 Å². The molecule has 6 nitrogen and oxygen atoms in total. The first kappa shape index (κ1) is 27.3. The van der Waals surface area contributed by atoms with Crippen LogP contribution < -0.4 is 16.0 Å². The number of benzene rings is 2. The van der Waals surface area contributed by atoms with Gasteiger partial charge in [-0.25, -0.2) is 0 Å². The van der Waals surface area contributed by atoms with Crippen LogP contribution in [0.1, 0.15) is 54.1 Å². The van der Waals surface area contributed by atoms with Crippen molar-refractivity contribution in [3.05, 3.63) is 65.7 Å². The Morgan fingerprint density at radius 1 is 0.971 bits per heavy atom. The zero-order chi connectivity index (χ0) is 22.8. The first-order valence-electron chi connectivity index (χ1n) is 12.3. The van der Waals surface area contributed by atoms with Crippen molar-refractivity contribution in [3.63, 3.8) is 0 Å². The number of likely N-dealkylation sites (N-methyl/N-ethyl adjacent to an activating group) is 1. The Morgan fingerprint density at radius 3 is 2.46 bits per heavy atom. The topological polar surface area (TPSA) is 73.5 Å². The second-order valence-corrected chi connectivity index (χ2v) is 9.66. The van der Waals surface area contributed by atoms with Crippen LogP contribution >= 0.6 is 24.8 Å². The molecule has 0 radical (unpaired) electrons. The van der Waals surface area contributed by atoms with Crippen molar-refractivity contribution in [2.45, 2.75) is 50.2 Å². The highest BCUT2D eigenvalue weighted by molar-refractivity contribution is 5.95. The number of hydrogen-bond donors (Lipinski definition) is 3. The minimum Gasteiger partial charge on any atom is -0.380 e. The Morgan fingerprint density at radius 2 is 1.69 bits per heavy atom. The molecule has 0 bridgehead atoms. The molecule has 0 spiro atoms. The molecule has 190 valence electrons. The zero-order valence-corrected chi connectivity index (χ0v) is 21.7. The SMILES string of the molecule is CNCC1Nc2ccccc2C2C1CCN2C(=O)[C@H]1CCCC[C@H]1NC(=O)c1ccccc1.Cl.Cl. The lowest BCUT2D eigenvalue weighted by Crippen LogP contribution is -2.51. The number of nitrogens with zero attached hydrogens (tertiary/aromatic N) is 1. The van der Waals surface area contributed by atoms with Crippen LogP contribution in [0.5, 0.6) is 0 Å². The highest BCUT2D eigenvalue weighted by atomic mass is 35.5. The highest BCUT2D eigenvalue weighted by Crippen LogP contribution is 2.47. The van der Waals surface area contributed by atoms with E-state index in [0.29, 0.717) is 17.5 Å². The van der Waals surface area contributed by atoms with Crippen LogP contribution in [0.25, 0.3) is 0 Å². The van der Waals surface area contributed by atoms with E-state index in [2.05, 4.69) is 45.1 Å². The van der Waals surface area contributed by atoms with Crippen molar-refractivity contribution in [3.8, 4) is 0 Å². The Balaban J connectivity index is 0.00000171. The lowest BCUT2D eigenvalue weighted by molar-refractivity contribution is -0.138. The van der Waals surface area contributed by atoms with Crippen LogP contribution in [0, 0.1) is 11.8 Å². The normalized spacial score (nSPS) is 26.8. The number of halogens is 2. The standard InChI is InChI=1S/C27H34N4O2.2ClH/c1-28-17-24-20-15-16-31(25(20)19-11-5-7-13-22(19)29-24)27(33)21-12-6-8-14-23(21)30-26(32)18-9-3-2-4-10-18;;/h2-5,7,9-11,13,20-21,23-25,28-29H,6,8,12,14-17H2,1H3,(H,30,32);2*1H/t20?,21-,23+,24?,25?;;/m0../s1. The number of fused-ring (bicyclic) bond motifs is 3. The molecule has 5 rings (SSSR count). The van der Waals surface area contributed by atoms with Gasteiger partial charge >= 0.3 is 0 Å². The molecule has 1 aliphatic carbocycles. The van der Waals surface area contributed by atoms with Crippen molar-refractivity contribution in [2.24, 2.45) is 11.8 Å². The minimum atomic E-state index is -0.157. The number of para-hydroxylation sites is 1. The number of amides is 2. The summed E-state index contributed by atoms with van der Waals surface area (Å²) < 4.78 is 0. The Bertz CT molecular complexity index is 1010. The predicted octanol–water partition coefficient (Wildman–Crippen LogP) is 4.42. The van der Waals surface area contributed by atoms with E-state index < -0.39 is 0 Å². The number of carbonyl (C=O) groups is 2. The number of anilines is 1. The minimum absolute atomic E-state index is 0. The number of rotatable bonds is 5. The molecule has 2 amide bonds. The van der Waals surface area contributed by atoms with Crippen molar-refractivity contribution in [1.29, 1.82) is 0 Å². The van der Waals surface area contributed by atoms with E-state index in [4.69, 9.17) is 0 Å². The van der Waals surface area contributed by atoms with Crippen LogP contribution in [0.15, 0.2) is 54.6 Å². The smallest absolute Gasteiger partial charge is 0.251 e. The van der Waals surface area contributed by atoms with Crippen LogP contribution in [0.3, 0.4) is 0 Å². The van der Waals surface area contributed by atoms with Gasteiger partial charge in [0.1, 0.15) is 0 Å². The van der Waals surface area contributed by atoms with Crippen molar-refractivity contribution < 1.29 is 9.59 Å². The third kappa shape index (κ3) is 5.45. The summed E-state index contributed by atoms with van der Waals surface area (Å²) in [5.74, 6) is 0.355. The zero-order valence-electron chi connectivity index (χ0n) is 20.1. The van der Waals surface area contributed by atoms with Gasteiger partial charge in [0.2, 0.25) is 5.91 Å².